The minimum Gasteiger partial charge on any atom is -0.497 e. The van der Waals surface area contributed by atoms with E-state index >= 15 is 0 Å². The lowest BCUT2D eigenvalue weighted by Gasteiger charge is -2.27. The van der Waals surface area contributed by atoms with Crippen molar-refractivity contribution in [1.29, 1.82) is 0 Å². The Kier molecular flexibility index (Phi) is 8.93. The van der Waals surface area contributed by atoms with Gasteiger partial charge in [-0.25, -0.2) is 8.42 Å². The summed E-state index contributed by atoms with van der Waals surface area (Å²) in [6, 6.07) is 12.8. The highest BCUT2D eigenvalue weighted by atomic mass is 32.2. The van der Waals surface area contributed by atoms with E-state index in [1.54, 1.807) is 36.4 Å². The standard InChI is InChI=1S/C23H31N3O6S/c1-30-19-9-10-21(22(17-19)31-2)26(33(28,29)20-7-4-3-5-8-20)18-23(27)24-11-6-12-25-13-15-32-16-14-25/h3-5,7-10,17H,6,11-16,18H2,1-2H3,(H,24,27). The Morgan fingerprint density at radius 3 is 2.48 bits per heavy atom. The molecule has 1 fully saturated rings. The predicted molar refractivity (Wildman–Crippen MR) is 125 cm³/mol. The van der Waals surface area contributed by atoms with Crippen molar-refractivity contribution in [1.82, 2.24) is 10.2 Å². The first-order valence-electron chi connectivity index (χ1n) is 10.8. The molecule has 0 spiro atoms. The molecule has 1 aliphatic rings. The van der Waals surface area contributed by atoms with Crippen LogP contribution in [0.3, 0.4) is 0 Å². The van der Waals surface area contributed by atoms with Gasteiger partial charge < -0.3 is 19.5 Å². The zero-order valence-electron chi connectivity index (χ0n) is 19.0. The number of methoxy groups -OCH3 is 2. The third kappa shape index (κ3) is 6.59. The molecule has 0 radical (unpaired) electrons. The van der Waals surface area contributed by atoms with Crippen molar-refractivity contribution in [2.45, 2.75) is 11.3 Å². The molecule has 1 N–H and O–H groups in total. The summed E-state index contributed by atoms with van der Waals surface area (Å²) in [6.45, 7) is 4.14. The van der Waals surface area contributed by atoms with Crippen molar-refractivity contribution in [3.63, 3.8) is 0 Å². The number of ether oxygens (including phenoxy) is 3. The zero-order valence-corrected chi connectivity index (χ0v) is 19.8. The molecule has 0 bridgehead atoms. The Hall–Kier alpha value is -2.82. The van der Waals surface area contributed by atoms with Crippen LogP contribution in [-0.4, -0.2) is 79.4 Å². The lowest BCUT2D eigenvalue weighted by molar-refractivity contribution is -0.119. The largest absolute Gasteiger partial charge is 0.497 e. The van der Waals surface area contributed by atoms with Gasteiger partial charge in [0.25, 0.3) is 10.0 Å². The first kappa shape index (κ1) is 24.8. The second-order valence-corrected chi connectivity index (χ2v) is 9.38. The maximum atomic E-state index is 13.5. The molecule has 1 amide bonds. The van der Waals surface area contributed by atoms with Crippen LogP contribution in [0.5, 0.6) is 11.5 Å². The summed E-state index contributed by atoms with van der Waals surface area (Å²) < 4.78 is 44.0. The highest BCUT2D eigenvalue weighted by Gasteiger charge is 2.29. The van der Waals surface area contributed by atoms with E-state index in [0.29, 0.717) is 12.3 Å². The molecule has 0 aliphatic carbocycles. The Labute approximate surface area is 195 Å². The van der Waals surface area contributed by atoms with E-state index in [1.807, 2.05) is 0 Å². The number of amides is 1. The fraction of sp³-hybridized carbons (Fsp3) is 0.435. The van der Waals surface area contributed by atoms with Crippen LogP contribution in [-0.2, 0) is 19.6 Å². The Bertz CT molecular complexity index is 1010. The molecule has 0 saturated carbocycles. The first-order valence-corrected chi connectivity index (χ1v) is 12.3. The molecule has 0 aromatic heterocycles. The van der Waals surface area contributed by atoms with E-state index < -0.39 is 15.9 Å². The number of hydrogen-bond acceptors (Lipinski definition) is 7. The molecule has 33 heavy (non-hydrogen) atoms. The molecule has 1 aliphatic heterocycles. The summed E-state index contributed by atoms with van der Waals surface area (Å²) >= 11 is 0. The van der Waals surface area contributed by atoms with Crippen molar-refractivity contribution < 1.29 is 27.4 Å². The number of nitrogens with one attached hydrogen (secondary N) is 1. The summed E-state index contributed by atoms with van der Waals surface area (Å²) in [5, 5.41) is 2.84. The van der Waals surface area contributed by atoms with Crippen LogP contribution in [0.1, 0.15) is 6.42 Å². The number of sulfonamides is 1. The van der Waals surface area contributed by atoms with Gasteiger partial charge in [-0.2, -0.15) is 0 Å². The number of rotatable bonds is 11. The van der Waals surface area contributed by atoms with Gasteiger partial charge in [-0.15, -0.1) is 0 Å². The number of anilines is 1. The normalized spacial score (nSPS) is 14.5. The SMILES string of the molecule is COc1ccc(N(CC(=O)NCCCN2CCOCC2)S(=O)(=O)c2ccccc2)c(OC)c1. The smallest absolute Gasteiger partial charge is 0.264 e. The van der Waals surface area contributed by atoms with E-state index in [0.717, 1.165) is 43.6 Å². The van der Waals surface area contributed by atoms with Crippen LogP contribution < -0.4 is 19.1 Å². The third-order valence-corrected chi connectivity index (χ3v) is 7.12. The van der Waals surface area contributed by atoms with Gasteiger partial charge in [0.2, 0.25) is 5.91 Å². The van der Waals surface area contributed by atoms with Crippen molar-refractivity contribution in [3.8, 4) is 11.5 Å². The van der Waals surface area contributed by atoms with Gasteiger partial charge >= 0.3 is 0 Å². The van der Waals surface area contributed by atoms with E-state index in [9.17, 15) is 13.2 Å². The Balaban J connectivity index is 1.75. The fourth-order valence-corrected chi connectivity index (χ4v) is 5.00. The van der Waals surface area contributed by atoms with E-state index in [-0.39, 0.29) is 22.9 Å². The predicted octanol–water partition coefficient (Wildman–Crippen LogP) is 1.74. The quantitative estimate of drug-likeness (QED) is 0.493. The van der Waals surface area contributed by atoms with Crippen molar-refractivity contribution in [2.24, 2.45) is 0 Å². The highest BCUT2D eigenvalue weighted by Crippen LogP contribution is 2.35. The first-order chi connectivity index (χ1) is 16.0. The molecular weight excluding hydrogens is 446 g/mol. The maximum absolute atomic E-state index is 13.5. The minimum absolute atomic E-state index is 0.0861. The zero-order chi connectivity index (χ0) is 23.7. The van der Waals surface area contributed by atoms with E-state index in [4.69, 9.17) is 14.2 Å². The van der Waals surface area contributed by atoms with E-state index in [1.165, 1.54) is 26.4 Å². The average Bonchev–Trinajstić information content (AvgIpc) is 2.86. The van der Waals surface area contributed by atoms with Gasteiger partial charge in [0, 0.05) is 25.7 Å². The molecule has 1 heterocycles. The van der Waals surface area contributed by atoms with Crippen molar-refractivity contribution in [3.05, 3.63) is 48.5 Å². The van der Waals surface area contributed by atoms with E-state index in [2.05, 4.69) is 10.2 Å². The van der Waals surface area contributed by atoms with Crippen LogP contribution >= 0.6 is 0 Å². The fourth-order valence-electron chi connectivity index (χ4n) is 3.55. The third-order valence-electron chi connectivity index (χ3n) is 5.35. The van der Waals surface area contributed by atoms with Crippen LogP contribution in [0, 0.1) is 0 Å². The highest BCUT2D eigenvalue weighted by molar-refractivity contribution is 7.92. The molecule has 9 nitrogen and oxygen atoms in total. The second kappa shape index (κ2) is 11.9. The van der Waals surface area contributed by atoms with Crippen LogP contribution in [0.15, 0.2) is 53.4 Å². The number of carbonyl (C=O) groups is 1. The molecule has 2 aromatic carbocycles. The molecule has 1 saturated heterocycles. The maximum Gasteiger partial charge on any atom is 0.264 e. The monoisotopic (exact) mass is 477 g/mol. The Morgan fingerprint density at radius 1 is 1.09 bits per heavy atom. The summed E-state index contributed by atoms with van der Waals surface area (Å²) in [5.41, 5.74) is 0.255. The molecule has 0 unspecified atom stereocenters. The molecule has 10 heteroatoms. The van der Waals surface area contributed by atoms with Crippen molar-refractivity contribution in [2.75, 3.05) is 64.5 Å². The summed E-state index contributed by atoms with van der Waals surface area (Å²) in [4.78, 5) is 15.1. The number of benzene rings is 2. The molecule has 180 valence electrons. The summed E-state index contributed by atoms with van der Waals surface area (Å²) in [7, 11) is -1.07. The van der Waals surface area contributed by atoms with Gasteiger partial charge in [0.05, 0.1) is 38.0 Å². The molecular formula is C23H31N3O6S. The van der Waals surface area contributed by atoms with Gasteiger partial charge in [0.15, 0.2) is 0 Å². The average molecular weight is 478 g/mol. The lowest BCUT2D eigenvalue weighted by atomic mass is 10.2. The number of carbonyl (C=O) groups excluding carboxylic acids is 1. The number of nitrogens with zero attached hydrogens (tertiary/aromatic N) is 2. The van der Waals surface area contributed by atoms with Crippen molar-refractivity contribution >= 4 is 21.6 Å². The summed E-state index contributed by atoms with van der Waals surface area (Å²) in [5.74, 6) is 0.406. The molecule has 2 aromatic rings. The summed E-state index contributed by atoms with van der Waals surface area (Å²) in [6.07, 6.45) is 0.767. The minimum atomic E-state index is -4.02. The number of hydrogen-bond donors (Lipinski definition) is 1. The molecule has 3 rings (SSSR count). The number of morpholine rings is 1. The van der Waals surface area contributed by atoms with Gasteiger partial charge in [0.1, 0.15) is 18.0 Å². The van der Waals surface area contributed by atoms with Crippen LogP contribution in [0.4, 0.5) is 5.69 Å². The second-order valence-electron chi connectivity index (χ2n) is 7.52. The van der Waals surface area contributed by atoms with Crippen LogP contribution in [0.2, 0.25) is 0 Å². The topological polar surface area (TPSA) is 97.4 Å². The van der Waals surface area contributed by atoms with Crippen LogP contribution in [0.25, 0.3) is 0 Å². The lowest BCUT2D eigenvalue weighted by Crippen LogP contribution is -2.42. The van der Waals surface area contributed by atoms with Gasteiger partial charge in [-0.3, -0.25) is 14.0 Å². The van der Waals surface area contributed by atoms with Gasteiger partial charge in [-0.05, 0) is 37.2 Å². The van der Waals surface area contributed by atoms with Gasteiger partial charge in [-0.1, -0.05) is 18.2 Å². The molecule has 0 atom stereocenters. The Morgan fingerprint density at radius 2 is 1.82 bits per heavy atom.